The number of hydrogen-bond acceptors (Lipinski definition) is 5. The Kier molecular flexibility index (Phi) is 5.46. The SMILES string of the molecule is COc1ncccc1C(=O)N1CCC[C@H]1c1cccc(CNC(C)=O)n1. The molecule has 0 unspecified atom stereocenters. The average Bonchev–Trinajstić information content (AvgIpc) is 3.16. The molecule has 0 aromatic carbocycles. The topological polar surface area (TPSA) is 84.4 Å². The first-order valence-corrected chi connectivity index (χ1v) is 8.60. The summed E-state index contributed by atoms with van der Waals surface area (Å²) >= 11 is 0. The minimum absolute atomic E-state index is 0.0929. The molecular weight excluding hydrogens is 332 g/mol. The Hall–Kier alpha value is -2.96. The van der Waals surface area contributed by atoms with Gasteiger partial charge in [0.15, 0.2) is 0 Å². The van der Waals surface area contributed by atoms with Gasteiger partial charge in [-0.05, 0) is 37.1 Å². The van der Waals surface area contributed by atoms with Crippen molar-refractivity contribution in [2.24, 2.45) is 0 Å². The van der Waals surface area contributed by atoms with E-state index in [9.17, 15) is 9.59 Å². The highest BCUT2D eigenvalue weighted by Crippen LogP contribution is 2.33. The predicted octanol–water partition coefficient (Wildman–Crippen LogP) is 2.10. The Bertz CT molecular complexity index is 809. The summed E-state index contributed by atoms with van der Waals surface area (Å²) in [7, 11) is 1.51. The minimum atomic E-state index is -0.105. The van der Waals surface area contributed by atoms with Crippen LogP contribution in [0.1, 0.15) is 47.6 Å². The van der Waals surface area contributed by atoms with Crippen LogP contribution in [-0.2, 0) is 11.3 Å². The number of nitrogens with one attached hydrogen (secondary N) is 1. The lowest BCUT2D eigenvalue weighted by Gasteiger charge is -2.25. The number of aromatic nitrogens is 2. The van der Waals surface area contributed by atoms with E-state index in [1.54, 1.807) is 18.3 Å². The van der Waals surface area contributed by atoms with Crippen molar-refractivity contribution in [3.8, 4) is 5.88 Å². The second kappa shape index (κ2) is 7.95. The molecule has 1 N–H and O–H groups in total. The maximum Gasteiger partial charge on any atom is 0.259 e. The number of rotatable bonds is 5. The molecule has 0 radical (unpaired) electrons. The molecule has 3 heterocycles. The summed E-state index contributed by atoms with van der Waals surface area (Å²) in [6.07, 6.45) is 3.37. The van der Waals surface area contributed by atoms with Gasteiger partial charge in [-0.3, -0.25) is 14.6 Å². The fourth-order valence-corrected chi connectivity index (χ4v) is 3.19. The highest BCUT2D eigenvalue weighted by Gasteiger charge is 2.33. The van der Waals surface area contributed by atoms with E-state index in [0.29, 0.717) is 24.5 Å². The summed E-state index contributed by atoms with van der Waals surface area (Å²) in [5.74, 6) is 0.126. The number of hydrogen-bond donors (Lipinski definition) is 1. The van der Waals surface area contributed by atoms with Crippen LogP contribution in [0.25, 0.3) is 0 Å². The van der Waals surface area contributed by atoms with Crippen molar-refractivity contribution in [2.75, 3.05) is 13.7 Å². The summed E-state index contributed by atoms with van der Waals surface area (Å²) < 4.78 is 5.23. The standard InChI is InChI=1S/C19H22N4O3/c1-13(24)21-12-14-6-3-8-16(22-14)17-9-5-11-23(17)19(25)15-7-4-10-20-18(15)26-2/h3-4,6-8,10,17H,5,9,11-12H2,1-2H3,(H,21,24)/t17-/m0/s1. The van der Waals surface area contributed by atoms with Crippen molar-refractivity contribution < 1.29 is 14.3 Å². The third-order valence-corrected chi connectivity index (χ3v) is 4.40. The Morgan fingerprint density at radius 2 is 2.15 bits per heavy atom. The number of carbonyl (C=O) groups excluding carboxylic acids is 2. The first-order chi connectivity index (χ1) is 12.6. The van der Waals surface area contributed by atoms with E-state index in [0.717, 1.165) is 24.2 Å². The van der Waals surface area contributed by atoms with Crippen LogP contribution in [0.5, 0.6) is 5.88 Å². The normalized spacial score (nSPS) is 16.4. The van der Waals surface area contributed by atoms with Gasteiger partial charge in [0.05, 0.1) is 31.1 Å². The van der Waals surface area contributed by atoms with Gasteiger partial charge in [0.2, 0.25) is 11.8 Å². The largest absolute Gasteiger partial charge is 0.480 e. The molecule has 0 spiro atoms. The molecule has 26 heavy (non-hydrogen) atoms. The van der Waals surface area contributed by atoms with Crippen LogP contribution >= 0.6 is 0 Å². The molecule has 136 valence electrons. The average molecular weight is 354 g/mol. The van der Waals surface area contributed by atoms with Crippen molar-refractivity contribution in [3.63, 3.8) is 0 Å². The predicted molar refractivity (Wildman–Crippen MR) is 95.6 cm³/mol. The second-order valence-corrected chi connectivity index (χ2v) is 6.18. The monoisotopic (exact) mass is 354 g/mol. The fourth-order valence-electron chi connectivity index (χ4n) is 3.19. The van der Waals surface area contributed by atoms with Gasteiger partial charge in [-0.15, -0.1) is 0 Å². The molecule has 1 aliphatic heterocycles. The number of nitrogens with zero attached hydrogens (tertiary/aromatic N) is 3. The Morgan fingerprint density at radius 3 is 2.92 bits per heavy atom. The quantitative estimate of drug-likeness (QED) is 0.889. The zero-order valence-corrected chi connectivity index (χ0v) is 14.9. The van der Waals surface area contributed by atoms with Gasteiger partial charge in [-0.2, -0.15) is 0 Å². The van der Waals surface area contributed by atoms with Crippen LogP contribution in [-0.4, -0.2) is 40.3 Å². The molecule has 1 fully saturated rings. The molecule has 3 rings (SSSR count). The summed E-state index contributed by atoms with van der Waals surface area (Å²) in [4.78, 5) is 34.7. The number of carbonyl (C=O) groups is 2. The van der Waals surface area contributed by atoms with E-state index >= 15 is 0 Å². The molecule has 0 bridgehead atoms. The number of amides is 2. The van der Waals surface area contributed by atoms with Crippen LogP contribution in [0.4, 0.5) is 0 Å². The second-order valence-electron chi connectivity index (χ2n) is 6.18. The van der Waals surface area contributed by atoms with Crippen LogP contribution < -0.4 is 10.1 Å². The lowest BCUT2D eigenvalue weighted by molar-refractivity contribution is -0.119. The summed E-state index contributed by atoms with van der Waals surface area (Å²) in [5, 5.41) is 2.75. The van der Waals surface area contributed by atoms with Gasteiger partial charge in [-0.1, -0.05) is 6.07 Å². The highest BCUT2D eigenvalue weighted by atomic mass is 16.5. The molecule has 2 aromatic heterocycles. The smallest absolute Gasteiger partial charge is 0.259 e. The number of methoxy groups -OCH3 is 1. The molecule has 7 heteroatoms. The van der Waals surface area contributed by atoms with Crippen molar-refractivity contribution in [1.29, 1.82) is 0 Å². The third kappa shape index (κ3) is 3.82. The van der Waals surface area contributed by atoms with Crippen molar-refractivity contribution >= 4 is 11.8 Å². The van der Waals surface area contributed by atoms with E-state index < -0.39 is 0 Å². The van der Waals surface area contributed by atoms with Crippen molar-refractivity contribution in [2.45, 2.75) is 32.4 Å². The molecule has 2 aromatic rings. The molecule has 1 saturated heterocycles. The molecule has 1 atom stereocenters. The lowest BCUT2D eigenvalue weighted by atomic mass is 10.1. The molecule has 1 aliphatic rings. The number of pyridine rings is 2. The zero-order chi connectivity index (χ0) is 18.5. The van der Waals surface area contributed by atoms with Gasteiger partial charge in [-0.25, -0.2) is 4.98 Å². The van der Waals surface area contributed by atoms with Gasteiger partial charge in [0.1, 0.15) is 5.56 Å². The summed E-state index contributed by atoms with van der Waals surface area (Å²) in [5.41, 5.74) is 2.06. The summed E-state index contributed by atoms with van der Waals surface area (Å²) in [6.45, 7) is 2.52. The summed E-state index contributed by atoms with van der Waals surface area (Å²) in [6, 6.07) is 9.06. The maximum absolute atomic E-state index is 13.0. The lowest BCUT2D eigenvalue weighted by Crippen LogP contribution is -2.31. The van der Waals surface area contributed by atoms with E-state index in [2.05, 4.69) is 15.3 Å². The van der Waals surface area contributed by atoms with Crippen LogP contribution in [0.3, 0.4) is 0 Å². The zero-order valence-electron chi connectivity index (χ0n) is 14.9. The number of likely N-dealkylation sites (tertiary alicyclic amines) is 1. The van der Waals surface area contributed by atoms with Crippen LogP contribution in [0.15, 0.2) is 36.5 Å². The van der Waals surface area contributed by atoms with E-state index in [4.69, 9.17) is 4.74 Å². The van der Waals surface area contributed by atoms with Crippen LogP contribution in [0.2, 0.25) is 0 Å². The van der Waals surface area contributed by atoms with Crippen molar-refractivity contribution in [3.05, 3.63) is 53.5 Å². The molecule has 0 saturated carbocycles. The van der Waals surface area contributed by atoms with E-state index in [-0.39, 0.29) is 17.9 Å². The maximum atomic E-state index is 13.0. The Labute approximate surface area is 152 Å². The minimum Gasteiger partial charge on any atom is -0.480 e. The van der Waals surface area contributed by atoms with E-state index in [1.165, 1.54) is 14.0 Å². The first-order valence-electron chi connectivity index (χ1n) is 8.60. The first kappa shape index (κ1) is 17.8. The van der Waals surface area contributed by atoms with Gasteiger partial charge < -0.3 is 15.0 Å². The molecular formula is C19H22N4O3. The highest BCUT2D eigenvalue weighted by molar-refractivity contribution is 5.96. The van der Waals surface area contributed by atoms with Gasteiger partial charge >= 0.3 is 0 Å². The Balaban J connectivity index is 1.83. The van der Waals surface area contributed by atoms with Crippen LogP contribution in [0, 0.1) is 0 Å². The number of ether oxygens (including phenoxy) is 1. The van der Waals surface area contributed by atoms with Crippen molar-refractivity contribution in [1.82, 2.24) is 20.2 Å². The molecule has 2 amide bonds. The van der Waals surface area contributed by atoms with E-state index in [1.807, 2.05) is 23.1 Å². The molecule has 0 aliphatic carbocycles. The fraction of sp³-hybridized carbons (Fsp3) is 0.368. The Morgan fingerprint density at radius 1 is 1.31 bits per heavy atom. The molecule has 7 nitrogen and oxygen atoms in total. The van der Waals surface area contributed by atoms with Gasteiger partial charge in [0.25, 0.3) is 5.91 Å². The third-order valence-electron chi connectivity index (χ3n) is 4.40. The van der Waals surface area contributed by atoms with Gasteiger partial charge in [0, 0.05) is 19.7 Å².